The molecule has 0 radical (unpaired) electrons. The molecule has 0 saturated carbocycles. The summed E-state index contributed by atoms with van der Waals surface area (Å²) in [4.78, 5) is 2.20. The molecule has 22 heavy (non-hydrogen) atoms. The molecule has 3 rings (SSSR count). The highest BCUT2D eigenvalue weighted by Gasteiger charge is 2.06. The molecule has 0 unspecified atom stereocenters. The Labute approximate surface area is 139 Å². The Kier molecular flexibility index (Phi) is 4.48. The molecule has 0 amide bonds. The monoisotopic (exact) mass is 321 g/mol. The minimum atomic E-state index is 0.658. The molecule has 0 saturated heterocycles. The fourth-order valence-electron chi connectivity index (χ4n) is 2.12. The largest absolute Gasteiger partial charge is 0.192 e. The van der Waals surface area contributed by atoms with Crippen LogP contribution in [0.15, 0.2) is 82.6 Å². The molecule has 0 aromatic heterocycles. The van der Waals surface area contributed by atoms with Crippen LogP contribution in [0.3, 0.4) is 0 Å². The number of halogens is 1. The maximum absolute atomic E-state index is 8.85. The number of nitriles is 1. The zero-order chi connectivity index (χ0) is 15.4. The van der Waals surface area contributed by atoms with E-state index in [1.807, 2.05) is 54.6 Å². The highest BCUT2D eigenvalue weighted by molar-refractivity contribution is 7.99. The summed E-state index contributed by atoms with van der Waals surface area (Å²) >= 11 is 8.06. The zero-order valence-electron chi connectivity index (χ0n) is 11.7. The van der Waals surface area contributed by atoms with Crippen LogP contribution in [-0.4, -0.2) is 0 Å². The average Bonchev–Trinajstić information content (AvgIpc) is 2.58. The Balaban J connectivity index is 1.87. The van der Waals surface area contributed by atoms with Gasteiger partial charge in [-0.2, -0.15) is 5.26 Å². The summed E-state index contributed by atoms with van der Waals surface area (Å²) in [5.74, 6) is 0. The predicted molar refractivity (Wildman–Crippen MR) is 92.2 cm³/mol. The molecule has 0 atom stereocenters. The van der Waals surface area contributed by atoms with E-state index in [9.17, 15) is 0 Å². The highest BCUT2D eigenvalue weighted by Crippen LogP contribution is 2.35. The van der Waals surface area contributed by atoms with Crippen molar-refractivity contribution in [3.05, 3.63) is 83.4 Å². The van der Waals surface area contributed by atoms with Gasteiger partial charge in [0, 0.05) is 9.79 Å². The van der Waals surface area contributed by atoms with Crippen LogP contribution < -0.4 is 0 Å². The van der Waals surface area contributed by atoms with Crippen LogP contribution in [-0.2, 0) is 0 Å². The van der Waals surface area contributed by atoms with E-state index >= 15 is 0 Å². The summed E-state index contributed by atoms with van der Waals surface area (Å²) in [5, 5.41) is 9.58. The minimum Gasteiger partial charge on any atom is -0.192 e. The molecule has 0 aliphatic heterocycles. The third kappa shape index (κ3) is 3.33. The summed E-state index contributed by atoms with van der Waals surface area (Å²) in [6.07, 6.45) is 0. The van der Waals surface area contributed by atoms with Crippen molar-refractivity contribution in [2.75, 3.05) is 0 Å². The van der Waals surface area contributed by atoms with Crippen molar-refractivity contribution >= 4 is 23.4 Å². The van der Waals surface area contributed by atoms with E-state index in [1.54, 1.807) is 11.8 Å². The quantitative estimate of drug-likeness (QED) is 0.588. The second kappa shape index (κ2) is 6.70. The molecule has 3 aromatic rings. The maximum Gasteiger partial charge on any atom is 0.0991 e. The lowest BCUT2D eigenvalue weighted by Gasteiger charge is -2.07. The molecule has 0 aliphatic carbocycles. The number of nitrogens with zero attached hydrogens (tertiary/aromatic N) is 1. The van der Waals surface area contributed by atoms with Gasteiger partial charge in [-0.1, -0.05) is 59.8 Å². The van der Waals surface area contributed by atoms with Crippen LogP contribution in [0.25, 0.3) is 11.1 Å². The molecule has 0 bridgehead atoms. The summed E-state index contributed by atoms with van der Waals surface area (Å²) < 4.78 is 0. The third-order valence-electron chi connectivity index (χ3n) is 3.25. The lowest BCUT2D eigenvalue weighted by Crippen LogP contribution is -1.82. The smallest absolute Gasteiger partial charge is 0.0991 e. The second-order valence-corrected chi connectivity index (χ2v) is 6.27. The fourth-order valence-corrected chi connectivity index (χ4v) is 3.25. The Bertz CT molecular complexity index is 820. The SMILES string of the molecule is N#Cc1ccc(-c2ccc(Sc3ccccc3)c(Cl)c2)cc1. The lowest BCUT2D eigenvalue weighted by atomic mass is 10.0. The van der Waals surface area contributed by atoms with Crippen molar-refractivity contribution in [2.45, 2.75) is 9.79 Å². The van der Waals surface area contributed by atoms with Crippen molar-refractivity contribution in [2.24, 2.45) is 0 Å². The van der Waals surface area contributed by atoms with E-state index in [1.165, 1.54) is 0 Å². The van der Waals surface area contributed by atoms with Gasteiger partial charge in [-0.05, 0) is 47.5 Å². The van der Waals surface area contributed by atoms with Gasteiger partial charge in [-0.25, -0.2) is 0 Å². The highest BCUT2D eigenvalue weighted by atomic mass is 35.5. The van der Waals surface area contributed by atoms with Gasteiger partial charge in [0.1, 0.15) is 0 Å². The molecule has 1 nitrogen and oxygen atoms in total. The molecule has 3 heteroatoms. The Morgan fingerprint density at radius 3 is 2.14 bits per heavy atom. The van der Waals surface area contributed by atoms with E-state index < -0.39 is 0 Å². The lowest BCUT2D eigenvalue weighted by molar-refractivity contribution is 1.40. The molecule has 0 spiro atoms. The van der Waals surface area contributed by atoms with Crippen molar-refractivity contribution in [3.8, 4) is 17.2 Å². The van der Waals surface area contributed by atoms with Crippen LogP contribution in [0.2, 0.25) is 5.02 Å². The van der Waals surface area contributed by atoms with E-state index in [-0.39, 0.29) is 0 Å². The van der Waals surface area contributed by atoms with Crippen molar-refractivity contribution < 1.29 is 0 Å². The number of rotatable bonds is 3. The van der Waals surface area contributed by atoms with Crippen molar-refractivity contribution in [1.82, 2.24) is 0 Å². The Morgan fingerprint density at radius 1 is 0.818 bits per heavy atom. The summed E-state index contributed by atoms with van der Waals surface area (Å²) in [5.41, 5.74) is 2.76. The second-order valence-electron chi connectivity index (χ2n) is 4.75. The molecule has 3 aromatic carbocycles. The van der Waals surface area contributed by atoms with Crippen molar-refractivity contribution in [1.29, 1.82) is 5.26 Å². The van der Waals surface area contributed by atoms with Gasteiger partial charge in [0.2, 0.25) is 0 Å². The van der Waals surface area contributed by atoms with Gasteiger partial charge in [0.05, 0.1) is 16.7 Å². The number of benzene rings is 3. The van der Waals surface area contributed by atoms with Gasteiger partial charge in [0.15, 0.2) is 0 Å². The van der Waals surface area contributed by atoms with E-state index in [0.717, 1.165) is 25.9 Å². The molecule has 0 N–H and O–H groups in total. The maximum atomic E-state index is 8.85. The standard InChI is InChI=1S/C19H12ClNS/c20-18-12-16(15-8-6-14(13-21)7-9-15)10-11-19(18)22-17-4-2-1-3-5-17/h1-12H. The van der Waals surface area contributed by atoms with Gasteiger partial charge in [0.25, 0.3) is 0 Å². The first-order chi connectivity index (χ1) is 10.8. The summed E-state index contributed by atoms with van der Waals surface area (Å²) in [6, 6.07) is 25.8. The Hall–Kier alpha value is -2.21. The topological polar surface area (TPSA) is 23.8 Å². The summed E-state index contributed by atoms with van der Waals surface area (Å²) in [6.45, 7) is 0. The van der Waals surface area contributed by atoms with Gasteiger partial charge >= 0.3 is 0 Å². The first-order valence-corrected chi connectivity index (χ1v) is 7.99. The van der Waals surface area contributed by atoms with Crippen LogP contribution in [0.1, 0.15) is 5.56 Å². The third-order valence-corrected chi connectivity index (χ3v) is 4.76. The summed E-state index contributed by atoms with van der Waals surface area (Å²) in [7, 11) is 0. The van der Waals surface area contributed by atoms with Gasteiger partial charge in [-0.15, -0.1) is 0 Å². The molecule has 0 heterocycles. The van der Waals surface area contributed by atoms with Crippen LogP contribution in [0, 0.1) is 11.3 Å². The van der Waals surface area contributed by atoms with Crippen molar-refractivity contribution in [3.63, 3.8) is 0 Å². The molecular formula is C19H12ClNS. The molecular weight excluding hydrogens is 310 g/mol. The Morgan fingerprint density at radius 2 is 1.50 bits per heavy atom. The van der Waals surface area contributed by atoms with Crippen LogP contribution in [0.5, 0.6) is 0 Å². The minimum absolute atomic E-state index is 0.658. The average molecular weight is 322 g/mol. The predicted octanol–water partition coefficient (Wildman–Crippen LogP) is 6.03. The number of hydrogen-bond acceptors (Lipinski definition) is 2. The first-order valence-electron chi connectivity index (χ1n) is 6.79. The zero-order valence-corrected chi connectivity index (χ0v) is 13.2. The van der Waals surface area contributed by atoms with E-state index in [0.29, 0.717) is 5.56 Å². The molecule has 0 aliphatic rings. The molecule has 106 valence electrons. The van der Waals surface area contributed by atoms with Crippen LogP contribution in [0.4, 0.5) is 0 Å². The van der Waals surface area contributed by atoms with E-state index in [4.69, 9.17) is 16.9 Å². The first kappa shape index (κ1) is 14.7. The van der Waals surface area contributed by atoms with Gasteiger partial charge < -0.3 is 0 Å². The van der Waals surface area contributed by atoms with Gasteiger partial charge in [-0.3, -0.25) is 0 Å². The van der Waals surface area contributed by atoms with Crippen LogP contribution >= 0.6 is 23.4 Å². The van der Waals surface area contributed by atoms with E-state index in [2.05, 4.69) is 24.3 Å². The number of hydrogen-bond donors (Lipinski definition) is 0. The normalized spacial score (nSPS) is 10.2. The fraction of sp³-hybridized carbons (Fsp3) is 0. The molecule has 0 fully saturated rings.